The summed E-state index contributed by atoms with van der Waals surface area (Å²) in [7, 11) is 0. The Hall–Kier alpha value is -2.01. The largest absolute Gasteiger partial charge is 0.469 e. The zero-order chi connectivity index (χ0) is 13.4. The molecule has 19 heavy (non-hydrogen) atoms. The number of aromatic nitrogens is 1. The fourth-order valence-electron chi connectivity index (χ4n) is 1.98. The molecule has 3 rings (SSSR count). The maximum atomic E-state index is 5.92. The molecule has 0 fully saturated rings. The van der Waals surface area contributed by atoms with Crippen LogP contribution >= 0.6 is 15.9 Å². The molecule has 0 radical (unpaired) electrons. The van der Waals surface area contributed by atoms with Crippen molar-refractivity contribution in [1.82, 2.24) is 5.16 Å². The normalized spacial score (nSPS) is 10.8. The molecule has 0 atom stereocenters. The van der Waals surface area contributed by atoms with Gasteiger partial charge in [-0.05, 0) is 30.7 Å². The zero-order valence-corrected chi connectivity index (χ0v) is 11.8. The summed E-state index contributed by atoms with van der Waals surface area (Å²) in [5.74, 6) is 1.80. The standard InChI is InChI=1S/C14H11BrN2O2/c1-8-5-10(7-18-8)13-12(14(16)17-19-13)9-3-2-4-11(15)6-9/h2-7H,1H3,(H2,16,17). The van der Waals surface area contributed by atoms with Crippen molar-refractivity contribution in [3.63, 3.8) is 0 Å². The third kappa shape index (κ3) is 2.17. The van der Waals surface area contributed by atoms with Crippen LogP contribution in [0.2, 0.25) is 0 Å². The number of hydrogen-bond donors (Lipinski definition) is 1. The fourth-order valence-corrected chi connectivity index (χ4v) is 2.38. The summed E-state index contributed by atoms with van der Waals surface area (Å²) in [6.45, 7) is 1.88. The first-order valence-corrected chi connectivity index (χ1v) is 6.51. The quantitative estimate of drug-likeness (QED) is 0.766. The predicted molar refractivity (Wildman–Crippen MR) is 76.5 cm³/mol. The monoisotopic (exact) mass is 318 g/mol. The minimum Gasteiger partial charge on any atom is -0.469 e. The second-order valence-corrected chi connectivity index (χ2v) is 5.14. The van der Waals surface area contributed by atoms with Crippen molar-refractivity contribution in [2.45, 2.75) is 6.92 Å². The van der Waals surface area contributed by atoms with Gasteiger partial charge in [0, 0.05) is 4.47 Å². The molecule has 1 aromatic carbocycles. The van der Waals surface area contributed by atoms with Crippen LogP contribution in [0, 0.1) is 6.92 Å². The lowest BCUT2D eigenvalue weighted by atomic mass is 10.0. The first-order valence-electron chi connectivity index (χ1n) is 5.72. The first kappa shape index (κ1) is 12.0. The third-order valence-electron chi connectivity index (χ3n) is 2.82. The number of halogens is 1. The van der Waals surface area contributed by atoms with E-state index in [4.69, 9.17) is 14.7 Å². The molecule has 0 spiro atoms. The summed E-state index contributed by atoms with van der Waals surface area (Å²) >= 11 is 3.45. The molecule has 0 aliphatic rings. The molecule has 96 valence electrons. The Morgan fingerprint density at radius 2 is 2.05 bits per heavy atom. The van der Waals surface area contributed by atoms with Crippen LogP contribution in [-0.4, -0.2) is 5.16 Å². The molecule has 0 aliphatic heterocycles. The molecule has 0 amide bonds. The van der Waals surface area contributed by atoms with Crippen LogP contribution in [-0.2, 0) is 0 Å². The molecular formula is C14H11BrN2O2. The first-order chi connectivity index (χ1) is 9.15. The van der Waals surface area contributed by atoms with Crippen molar-refractivity contribution in [3.05, 3.63) is 46.8 Å². The Morgan fingerprint density at radius 1 is 1.21 bits per heavy atom. The van der Waals surface area contributed by atoms with Crippen LogP contribution in [0.1, 0.15) is 5.76 Å². The van der Waals surface area contributed by atoms with Crippen LogP contribution in [0.5, 0.6) is 0 Å². The lowest BCUT2D eigenvalue weighted by Gasteiger charge is -2.01. The van der Waals surface area contributed by atoms with Gasteiger partial charge in [-0.3, -0.25) is 0 Å². The molecule has 2 N–H and O–H groups in total. The van der Waals surface area contributed by atoms with Gasteiger partial charge in [0.1, 0.15) is 12.0 Å². The van der Waals surface area contributed by atoms with E-state index in [0.29, 0.717) is 11.6 Å². The van der Waals surface area contributed by atoms with E-state index in [1.807, 2.05) is 37.3 Å². The van der Waals surface area contributed by atoms with E-state index >= 15 is 0 Å². The number of nitrogens with zero attached hydrogens (tertiary/aromatic N) is 1. The Morgan fingerprint density at radius 3 is 2.74 bits per heavy atom. The summed E-state index contributed by atoms with van der Waals surface area (Å²) in [5.41, 5.74) is 8.47. The van der Waals surface area contributed by atoms with Crippen molar-refractivity contribution in [2.75, 3.05) is 5.73 Å². The molecule has 0 bridgehead atoms. The van der Waals surface area contributed by atoms with Crippen LogP contribution in [0.15, 0.2) is 50.0 Å². The average molecular weight is 319 g/mol. The molecule has 2 heterocycles. The Kier molecular flexibility index (Phi) is 2.91. The minimum absolute atomic E-state index is 0.368. The number of aryl methyl sites for hydroxylation is 1. The van der Waals surface area contributed by atoms with Crippen LogP contribution in [0.3, 0.4) is 0 Å². The van der Waals surface area contributed by atoms with Gasteiger partial charge in [-0.1, -0.05) is 33.2 Å². The average Bonchev–Trinajstić information content (AvgIpc) is 2.95. The third-order valence-corrected chi connectivity index (χ3v) is 3.32. The molecule has 0 saturated carbocycles. The van der Waals surface area contributed by atoms with Gasteiger partial charge in [0.15, 0.2) is 11.6 Å². The van der Waals surface area contributed by atoms with Gasteiger partial charge in [-0.15, -0.1) is 0 Å². The molecule has 3 aromatic rings. The maximum Gasteiger partial charge on any atom is 0.180 e. The van der Waals surface area contributed by atoms with Gasteiger partial charge in [-0.2, -0.15) is 0 Å². The minimum atomic E-state index is 0.368. The van der Waals surface area contributed by atoms with E-state index < -0.39 is 0 Å². The lowest BCUT2D eigenvalue weighted by Crippen LogP contribution is -1.88. The smallest absolute Gasteiger partial charge is 0.180 e. The highest BCUT2D eigenvalue weighted by Gasteiger charge is 2.19. The van der Waals surface area contributed by atoms with Crippen molar-refractivity contribution in [2.24, 2.45) is 0 Å². The number of nitrogen functional groups attached to an aromatic ring is 1. The van der Waals surface area contributed by atoms with E-state index in [-0.39, 0.29) is 0 Å². The van der Waals surface area contributed by atoms with E-state index in [0.717, 1.165) is 26.9 Å². The van der Waals surface area contributed by atoms with Crippen molar-refractivity contribution < 1.29 is 8.94 Å². The number of rotatable bonds is 2. The van der Waals surface area contributed by atoms with Gasteiger partial charge in [-0.25, -0.2) is 0 Å². The van der Waals surface area contributed by atoms with E-state index in [1.54, 1.807) is 6.26 Å². The second-order valence-electron chi connectivity index (χ2n) is 4.23. The second kappa shape index (κ2) is 4.59. The number of hydrogen-bond acceptors (Lipinski definition) is 4. The Bertz CT molecular complexity index is 731. The number of anilines is 1. The summed E-state index contributed by atoms with van der Waals surface area (Å²) in [4.78, 5) is 0. The Balaban J connectivity index is 2.19. The van der Waals surface area contributed by atoms with Crippen LogP contribution < -0.4 is 5.73 Å². The number of furan rings is 1. The van der Waals surface area contributed by atoms with E-state index in [9.17, 15) is 0 Å². The zero-order valence-electron chi connectivity index (χ0n) is 10.2. The molecule has 0 saturated heterocycles. The van der Waals surface area contributed by atoms with Crippen molar-refractivity contribution >= 4 is 21.7 Å². The van der Waals surface area contributed by atoms with Gasteiger partial charge in [0.2, 0.25) is 0 Å². The van der Waals surface area contributed by atoms with E-state index in [2.05, 4.69) is 21.1 Å². The number of benzene rings is 1. The molecule has 0 unspecified atom stereocenters. The number of nitrogens with two attached hydrogens (primary N) is 1. The van der Waals surface area contributed by atoms with Crippen molar-refractivity contribution in [1.29, 1.82) is 0 Å². The van der Waals surface area contributed by atoms with Crippen LogP contribution in [0.25, 0.3) is 22.5 Å². The molecule has 4 nitrogen and oxygen atoms in total. The van der Waals surface area contributed by atoms with Gasteiger partial charge < -0.3 is 14.7 Å². The van der Waals surface area contributed by atoms with Crippen LogP contribution in [0.4, 0.5) is 5.82 Å². The predicted octanol–water partition coefficient (Wildman–Crippen LogP) is 4.25. The topological polar surface area (TPSA) is 65.2 Å². The SMILES string of the molecule is Cc1cc(-c2onc(N)c2-c2cccc(Br)c2)co1. The Labute approximate surface area is 118 Å². The highest BCUT2D eigenvalue weighted by atomic mass is 79.9. The van der Waals surface area contributed by atoms with E-state index in [1.165, 1.54) is 0 Å². The van der Waals surface area contributed by atoms with Crippen molar-refractivity contribution in [3.8, 4) is 22.5 Å². The highest BCUT2D eigenvalue weighted by Crippen LogP contribution is 2.37. The molecule has 2 aromatic heterocycles. The summed E-state index contributed by atoms with van der Waals surface area (Å²) in [6.07, 6.45) is 1.64. The maximum absolute atomic E-state index is 5.92. The summed E-state index contributed by atoms with van der Waals surface area (Å²) < 4.78 is 11.6. The summed E-state index contributed by atoms with van der Waals surface area (Å²) in [6, 6.07) is 9.72. The lowest BCUT2D eigenvalue weighted by molar-refractivity contribution is 0.435. The molecular weight excluding hydrogens is 308 g/mol. The highest BCUT2D eigenvalue weighted by molar-refractivity contribution is 9.10. The molecule has 0 aliphatic carbocycles. The van der Waals surface area contributed by atoms with Gasteiger partial charge in [0.25, 0.3) is 0 Å². The molecule has 5 heteroatoms. The van der Waals surface area contributed by atoms with Gasteiger partial charge >= 0.3 is 0 Å². The van der Waals surface area contributed by atoms with Gasteiger partial charge in [0.05, 0.1) is 11.1 Å². The fraction of sp³-hybridized carbons (Fsp3) is 0.0714. The summed E-state index contributed by atoms with van der Waals surface area (Å²) in [5, 5.41) is 3.85.